The molecule has 106 valence electrons. The third kappa shape index (κ3) is 4.49. The zero-order valence-electron chi connectivity index (χ0n) is 11.5. The fraction of sp³-hybridized carbons (Fsp3) is 0.143. The summed E-state index contributed by atoms with van der Waals surface area (Å²) in [4.78, 5) is 2.71. The zero-order valence-corrected chi connectivity index (χ0v) is 12.2. The van der Waals surface area contributed by atoms with Crippen molar-refractivity contribution in [2.75, 3.05) is 12.1 Å². The van der Waals surface area contributed by atoms with E-state index >= 15 is 0 Å². The molecule has 1 aromatic heterocycles. The lowest BCUT2D eigenvalue weighted by molar-refractivity contribution is -0.695. The lowest BCUT2D eigenvalue weighted by Gasteiger charge is -2.12. The molecule has 0 saturated carbocycles. The van der Waals surface area contributed by atoms with Crippen molar-refractivity contribution in [2.45, 2.75) is 6.67 Å². The van der Waals surface area contributed by atoms with Crippen molar-refractivity contribution in [2.24, 2.45) is 10.2 Å². The fourth-order valence-electron chi connectivity index (χ4n) is 1.63. The minimum atomic E-state index is 0.276. The number of pyridine rings is 1. The second-order valence-electron chi connectivity index (χ2n) is 4.26. The molecule has 0 fully saturated rings. The first-order valence-electron chi connectivity index (χ1n) is 6.22. The predicted octanol–water partition coefficient (Wildman–Crippen LogP) is 3.37. The van der Waals surface area contributed by atoms with Gasteiger partial charge in [-0.3, -0.25) is 5.01 Å². The number of halogens is 1. The second kappa shape index (κ2) is 7.28. The van der Waals surface area contributed by atoms with Gasteiger partial charge in [0.1, 0.15) is 0 Å². The van der Waals surface area contributed by atoms with E-state index in [9.17, 15) is 0 Å². The van der Waals surface area contributed by atoms with E-state index in [2.05, 4.69) is 15.1 Å². The van der Waals surface area contributed by atoms with Crippen LogP contribution in [0.3, 0.4) is 0 Å². The van der Waals surface area contributed by atoms with Crippen molar-refractivity contribution >= 4 is 23.5 Å². The average Bonchev–Trinajstić information content (AvgIpc) is 2.52. The Morgan fingerprint density at radius 1 is 1.24 bits per heavy atom. The second-order valence-corrected chi connectivity index (χ2v) is 4.70. The summed E-state index contributed by atoms with van der Waals surface area (Å²) in [6.45, 7) is 0.276. The average molecular weight is 302 g/mol. The van der Waals surface area contributed by atoms with Crippen LogP contribution in [0.2, 0.25) is 5.02 Å². The smallest absolute Gasteiger partial charge is 0.227 e. The molecule has 0 unspecified atom stereocenters. The maximum Gasteiger partial charge on any atom is 0.227 e. The van der Waals surface area contributed by atoms with Crippen molar-refractivity contribution in [3.8, 4) is 0 Å². The Morgan fingerprint density at radius 2 is 1.90 bits per heavy atom. The lowest BCUT2D eigenvalue weighted by atomic mass is 10.3. The van der Waals surface area contributed by atoms with E-state index in [0.717, 1.165) is 11.3 Å². The molecule has 0 spiro atoms. The fourth-order valence-corrected chi connectivity index (χ4v) is 1.75. The number of rotatable bonds is 5. The van der Waals surface area contributed by atoms with Gasteiger partial charge in [-0.15, -0.1) is 0 Å². The molecule has 0 amide bonds. The topological polar surface area (TPSA) is 68.2 Å². The highest BCUT2D eigenvalue weighted by molar-refractivity contribution is 6.30. The van der Waals surface area contributed by atoms with Crippen molar-refractivity contribution in [1.82, 2.24) is 0 Å². The first-order valence-corrected chi connectivity index (χ1v) is 6.60. The number of benzene rings is 1. The SMILES string of the molecule is CN(N=Cc1cc[n+](CN=[N+]=[N-])cc1)c1ccc(Cl)cc1. The van der Waals surface area contributed by atoms with E-state index < -0.39 is 0 Å². The standard InChI is InChI=1S/C14H14ClN6/c1-20(14-4-2-13(15)3-5-14)18-10-12-6-8-21(9-7-12)11-17-19-16/h2-10H,11H2,1H3/q+1. The minimum absolute atomic E-state index is 0.276. The summed E-state index contributed by atoms with van der Waals surface area (Å²) in [6.07, 6.45) is 5.42. The van der Waals surface area contributed by atoms with E-state index in [-0.39, 0.29) is 6.67 Å². The van der Waals surface area contributed by atoms with Crippen molar-refractivity contribution in [3.05, 3.63) is 69.8 Å². The molecule has 2 rings (SSSR count). The summed E-state index contributed by atoms with van der Waals surface area (Å²) < 4.78 is 1.78. The molecule has 0 atom stereocenters. The summed E-state index contributed by atoms with van der Waals surface area (Å²) in [5, 5.41) is 10.3. The summed E-state index contributed by atoms with van der Waals surface area (Å²) in [5.74, 6) is 0. The van der Waals surface area contributed by atoms with Crippen molar-refractivity contribution in [1.29, 1.82) is 0 Å². The molecule has 0 radical (unpaired) electrons. The van der Waals surface area contributed by atoms with E-state index in [1.54, 1.807) is 15.8 Å². The van der Waals surface area contributed by atoms with Crippen LogP contribution in [0.15, 0.2) is 59.0 Å². The van der Waals surface area contributed by atoms with Gasteiger partial charge in [-0.05, 0) is 34.9 Å². The largest absolute Gasteiger partial charge is 0.269 e. The Balaban J connectivity index is 2.03. The third-order valence-corrected chi connectivity index (χ3v) is 3.04. The van der Waals surface area contributed by atoms with E-state index in [1.807, 2.05) is 55.8 Å². The molecule has 0 bridgehead atoms. The number of aromatic nitrogens is 1. The van der Waals surface area contributed by atoms with Crippen LogP contribution >= 0.6 is 11.6 Å². The summed E-state index contributed by atoms with van der Waals surface area (Å²) in [6, 6.07) is 11.2. The normalized spacial score (nSPS) is 10.4. The van der Waals surface area contributed by atoms with Gasteiger partial charge < -0.3 is 0 Å². The van der Waals surface area contributed by atoms with Crippen LogP contribution in [0.1, 0.15) is 5.56 Å². The van der Waals surface area contributed by atoms with Crippen molar-refractivity contribution < 1.29 is 4.57 Å². The number of hydrazone groups is 1. The highest BCUT2D eigenvalue weighted by atomic mass is 35.5. The first kappa shape index (κ1) is 14.8. The maximum absolute atomic E-state index is 8.26. The third-order valence-electron chi connectivity index (χ3n) is 2.79. The van der Waals surface area contributed by atoms with Crippen LogP contribution in [-0.4, -0.2) is 13.3 Å². The number of anilines is 1. The Labute approximate surface area is 127 Å². The highest BCUT2D eigenvalue weighted by Crippen LogP contribution is 2.16. The van der Waals surface area contributed by atoms with Crippen LogP contribution < -0.4 is 9.58 Å². The predicted molar refractivity (Wildman–Crippen MR) is 83.2 cm³/mol. The van der Waals surface area contributed by atoms with Gasteiger partial charge in [0, 0.05) is 34.7 Å². The van der Waals surface area contributed by atoms with E-state index in [0.29, 0.717) is 5.02 Å². The molecule has 2 aromatic rings. The van der Waals surface area contributed by atoms with Gasteiger partial charge in [-0.1, -0.05) is 11.6 Å². The zero-order chi connectivity index (χ0) is 15.1. The van der Waals surface area contributed by atoms with Crippen LogP contribution in [0.5, 0.6) is 0 Å². The maximum atomic E-state index is 8.26. The van der Waals surface area contributed by atoms with Crippen LogP contribution in [-0.2, 0) is 6.67 Å². The molecule has 21 heavy (non-hydrogen) atoms. The molecule has 0 aliphatic carbocycles. The molecular weight excluding hydrogens is 288 g/mol. The molecule has 6 nitrogen and oxygen atoms in total. The van der Waals surface area contributed by atoms with Gasteiger partial charge in [-0.25, -0.2) is 0 Å². The number of hydrogen-bond donors (Lipinski definition) is 0. The number of nitrogens with zero attached hydrogens (tertiary/aromatic N) is 6. The Bertz CT molecular complexity index is 659. The monoisotopic (exact) mass is 301 g/mol. The van der Waals surface area contributed by atoms with Crippen molar-refractivity contribution in [3.63, 3.8) is 0 Å². The minimum Gasteiger partial charge on any atom is -0.269 e. The van der Waals surface area contributed by atoms with Crippen LogP contribution in [0, 0.1) is 0 Å². The molecule has 0 N–H and O–H groups in total. The number of azide groups is 1. The molecule has 0 aliphatic rings. The quantitative estimate of drug-likeness (QED) is 0.208. The molecule has 7 heteroatoms. The molecule has 0 aliphatic heterocycles. The van der Waals surface area contributed by atoms with Gasteiger partial charge in [0.15, 0.2) is 12.4 Å². The highest BCUT2D eigenvalue weighted by Gasteiger charge is 1.99. The van der Waals surface area contributed by atoms with E-state index in [1.165, 1.54) is 0 Å². The Kier molecular flexibility index (Phi) is 5.15. The van der Waals surface area contributed by atoms with Gasteiger partial charge in [0.25, 0.3) is 0 Å². The molecule has 0 saturated heterocycles. The summed E-state index contributed by atoms with van der Waals surface area (Å²) >= 11 is 5.85. The molecular formula is C14H14ClN6+. The summed E-state index contributed by atoms with van der Waals surface area (Å²) in [5.41, 5.74) is 10.2. The van der Waals surface area contributed by atoms with Gasteiger partial charge in [0.05, 0.1) is 11.9 Å². The van der Waals surface area contributed by atoms with E-state index in [4.69, 9.17) is 17.1 Å². The molecule has 1 heterocycles. The Morgan fingerprint density at radius 3 is 2.52 bits per heavy atom. The number of hydrogen-bond acceptors (Lipinski definition) is 3. The summed E-state index contributed by atoms with van der Waals surface area (Å²) in [7, 11) is 1.87. The van der Waals surface area contributed by atoms with Gasteiger partial charge >= 0.3 is 0 Å². The Hall–Kier alpha value is -2.56. The first-order chi connectivity index (χ1) is 10.2. The van der Waals surface area contributed by atoms with Gasteiger partial charge in [0.2, 0.25) is 6.67 Å². The van der Waals surface area contributed by atoms with Crippen LogP contribution in [0.4, 0.5) is 5.69 Å². The lowest BCUT2D eigenvalue weighted by Crippen LogP contribution is -2.31. The van der Waals surface area contributed by atoms with Gasteiger partial charge in [-0.2, -0.15) is 9.67 Å². The molecule has 1 aromatic carbocycles. The van der Waals surface area contributed by atoms with Crippen LogP contribution in [0.25, 0.3) is 10.4 Å².